The number of benzene rings is 1. The largest absolute Gasteiger partial charge is 0.444 e. The molecule has 3 heterocycles. The molecule has 15 heteroatoms. The van der Waals surface area contributed by atoms with Crippen molar-refractivity contribution in [2.45, 2.75) is 56.4 Å². The van der Waals surface area contributed by atoms with Crippen molar-refractivity contribution in [1.82, 2.24) is 10.0 Å². The molecular weight excluding hydrogens is 681 g/mol. The monoisotopic (exact) mass is 696 g/mol. The zero-order valence-corrected chi connectivity index (χ0v) is 24.8. The Morgan fingerprint density at radius 1 is 0.892 bits per heavy atom. The lowest BCUT2D eigenvalue weighted by Crippen LogP contribution is -2.71. The lowest BCUT2D eigenvalue weighted by atomic mass is 9.76. The van der Waals surface area contributed by atoms with Crippen molar-refractivity contribution in [2.75, 3.05) is 13.2 Å². The van der Waals surface area contributed by atoms with Crippen LogP contribution in [0, 0.1) is 0 Å². The van der Waals surface area contributed by atoms with Crippen LogP contribution in [-0.4, -0.2) is 72.4 Å². The number of nitrogens with zero attached hydrogens (tertiary/aromatic N) is 2. The van der Waals surface area contributed by atoms with E-state index in [1.54, 1.807) is 12.2 Å². The summed E-state index contributed by atoms with van der Waals surface area (Å²) in [5, 5.41) is 2.23. The predicted molar refractivity (Wildman–Crippen MR) is 142 cm³/mol. The van der Waals surface area contributed by atoms with Gasteiger partial charge in [0.05, 0.1) is 12.7 Å². The van der Waals surface area contributed by atoms with Crippen molar-refractivity contribution in [3.63, 3.8) is 0 Å². The molecule has 1 saturated carbocycles. The first-order valence-electron chi connectivity index (χ1n) is 11.0. The van der Waals surface area contributed by atoms with E-state index < -0.39 is 56.3 Å². The normalized spacial score (nSPS) is 31.7. The Morgan fingerprint density at radius 2 is 1.35 bits per heavy atom. The number of alkyl halides is 6. The SMILES string of the molecule is O=C(OCC(Cl)(Cl)Cl)N1C2C=CC(N1C(=O)OCC(Cl)(Cl)Cl)C13CC(OCc4ccc(Br)cc4)CC21O3. The summed E-state index contributed by atoms with van der Waals surface area (Å²) in [5.41, 5.74) is -0.540. The van der Waals surface area contributed by atoms with Crippen molar-refractivity contribution in [1.29, 1.82) is 0 Å². The quantitative estimate of drug-likeness (QED) is 0.199. The highest BCUT2D eigenvalue weighted by Crippen LogP contribution is 2.70. The van der Waals surface area contributed by atoms with Crippen molar-refractivity contribution < 1.29 is 28.5 Å². The van der Waals surface area contributed by atoms with Gasteiger partial charge in [-0.05, 0) is 17.7 Å². The van der Waals surface area contributed by atoms with E-state index in [9.17, 15) is 9.59 Å². The fourth-order valence-electron chi connectivity index (χ4n) is 5.42. The molecule has 8 nitrogen and oxygen atoms in total. The topological polar surface area (TPSA) is 80.8 Å². The van der Waals surface area contributed by atoms with Crippen molar-refractivity contribution in [3.05, 3.63) is 46.5 Å². The standard InChI is InChI=1S/C22H19BrCl6N2O6/c23-13-3-1-12(2-4-13)9-34-14-7-19-15-5-6-16(20(19,8-14)37-19)31(18(33)36-11-22(27,28)29)30(15)17(32)35-10-21(24,25)26/h1-6,14-16H,7-11H2. The van der Waals surface area contributed by atoms with E-state index in [2.05, 4.69) is 15.9 Å². The number of hydrazine groups is 1. The maximum absolute atomic E-state index is 13.2. The van der Waals surface area contributed by atoms with Gasteiger partial charge in [0.25, 0.3) is 0 Å². The number of hydrogen-bond acceptors (Lipinski definition) is 6. The fourth-order valence-corrected chi connectivity index (χ4v) is 6.01. The third kappa shape index (κ3) is 5.37. The van der Waals surface area contributed by atoms with Gasteiger partial charge in [0, 0.05) is 17.3 Å². The highest BCUT2D eigenvalue weighted by atomic mass is 79.9. The second kappa shape index (κ2) is 9.93. The Labute approximate surface area is 251 Å². The van der Waals surface area contributed by atoms with Crippen LogP contribution in [0.4, 0.5) is 9.59 Å². The molecule has 1 aromatic carbocycles. The van der Waals surface area contributed by atoms with Crippen LogP contribution in [-0.2, 0) is 25.6 Å². The molecule has 0 aromatic heterocycles. The molecular formula is C22H19BrCl6N2O6. The molecule has 1 aromatic rings. The molecule has 3 aliphatic heterocycles. The van der Waals surface area contributed by atoms with Gasteiger partial charge in [0.1, 0.15) is 36.5 Å². The Hall–Kier alpha value is -0.360. The summed E-state index contributed by atoms with van der Waals surface area (Å²) < 4.78 is 20.2. The first kappa shape index (κ1) is 28.2. The zero-order valence-electron chi connectivity index (χ0n) is 18.7. The molecule has 4 unspecified atom stereocenters. The van der Waals surface area contributed by atoms with Gasteiger partial charge in [0.2, 0.25) is 7.59 Å². The molecule has 2 amide bonds. The molecule has 202 valence electrons. The summed E-state index contributed by atoms with van der Waals surface area (Å²) in [7, 11) is 0. The highest BCUT2D eigenvalue weighted by molar-refractivity contribution is 9.10. The second-order valence-electron chi connectivity index (χ2n) is 9.15. The predicted octanol–water partition coefficient (Wildman–Crippen LogP) is 6.49. The molecule has 37 heavy (non-hydrogen) atoms. The minimum Gasteiger partial charge on any atom is -0.444 e. The first-order chi connectivity index (χ1) is 17.2. The molecule has 0 radical (unpaired) electrons. The Morgan fingerprint density at radius 3 is 1.78 bits per heavy atom. The van der Waals surface area contributed by atoms with Crippen LogP contribution in [0.15, 0.2) is 40.9 Å². The molecule has 2 saturated heterocycles. The minimum atomic E-state index is -1.85. The number of ether oxygens (including phenoxy) is 4. The number of fused-ring (bicyclic) bond motifs is 1. The fraction of sp³-hybridized carbons (Fsp3) is 0.545. The number of rotatable bonds is 5. The van der Waals surface area contributed by atoms with Gasteiger partial charge in [-0.3, -0.25) is 0 Å². The van der Waals surface area contributed by atoms with Crippen LogP contribution in [0.1, 0.15) is 18.4 Å². The summed E-state index contributed by atoms with van der Waals surface area (Å²) in [6.07, 6.45) is 2.56. The number of halogens is 7. The average Bonchev–Trinajstić information content (AvgIpc) is 3.38. The molecule has 2 aliphatic carbocycles. The van der Waals surface area contributed by atoms with Gasteiger partial charge in [-0.1, -0.05) is 110 Å². The summed E-state index contributed by atoms with van der Waals surface area (Å²) in [6.45, 7) is -0.678. The number of epoxide rings is 1. The Balaban J connectivity index is 1.37. The molecule has 5 aliphatic rings. The lowest BCUT2D eigenvalue weighted by Gasteiger charge is -2.50. The van der Waals surface area contributed by atoms with Crippen molar-refractivity contribution >= 4 is 97.7 Å². The van der Waals surface area contributed by atoms with Gasteiger partial charge in [-0.15, -0.1) is 0 Å². The van der Waals surface area contributed by atoms with E-state index >= 15 is 0 Å². The summed E-state index contributed by atoms with van der Waals surface area (Å²) in [5.74, 6) is 0. The van der Waals surface area contributed by atoms with E-state index in [0.29, 0.717) is 19.4 Å². The maximum atomic E-state index is 13.2. The Kier molecular flexibility index (Phi) is 7.56. The van der Waals surface area contributed by atoms with E-state index in [-0.39, 0.29) is 6.10 Å². The van der Waals surface area contributed by atoms with E-state index in [1.165, 1.54) is 0 Å². The third-order valence-electron chi connectivity index (χ3n) is 6.78. The van der Waals surface area contributed by atoms with Crippen LogP contribution < -0.4 is 0 Å². The number of amides is 2. The summed E-state index contributed by atoms with van der Waals surface area (Å²) in [6, 6.07) is 6.41. The van der Waals surface area contributed by atoms with Crippen molar-refractivity contribution in [3.8, 4) is 0 Å². The van der Waals surface area contributed by atoms with Gasteiger partial charge >= 0.3 is 12.2 Å². The number of carbonyl (C=O) groups is 2. The van der Waals surface area contributed by atoms with Crippen LogP contribution in [0.25, 0.3) is 0 Å². The van der Waals surface area contributed by atoms with E-state index in [0.717, 1.165) is 20.1 Å². The molecule has 4 atom stereocenters. The molecule has 0 spiro atoms. The lowest BCUT2D eigenvalue weighted by molar-refractivity contribution is -0.0881. The molecule has 3 fully saturated rings. The van der Waals surface area contributed by atoms with Gasteiger partial charge in [0.15, 0.2) is 0 Å². The maximum Gasteiger partial charge on any atom is 0.429 e. The Bertz CT molecular complexity index is 1050. The average molecular weight is 700 g/mol. The first-order valence-corrected chi connectivity index (χ1v) is 14.1. The smallest absolute Gasteiger partial charge is 0.429 e. The third-order valence-corrected chi connectivity index (χ3v) is 7.97. The van der Waals surface area contributed by atoms with Gasteiger partial charge in [-0.25, -0.2) is 19.6 Å². The molecule has 6 rings (SSSR count). The summed E-state index contributed by atoms with van der Waals surface area (Å²) >= 11 is 38.0. The van der Waals surface area contributed by atoms with Crippen molar-refractivity contribution in [2.24, 2.45) is 0 Å². The van der Waals surface area contributed by atoms with Crippen LogP contribution in [0.3, 0.4) is 0 Å². The highest BCUT2D eigenvalue weighted by Gasteiger charge is 2.86. The molecule has 2 bridgehead atoms. The second-order valence-corrected chi connectivity index (χ2v) is 15.1. The molecule has 0 N–H and O–H groups in total. The number of carbonyl (C=O) groups excluding carboxylic acids is 2. The zero-order chi connectivity index (χ0) is 26.8. The van der Waals surface area contributed by atoms with E-state index in [1.807, 2.05) is 24.3 Å². The van der Waals surface area contributed by atoms with Gasteiger partial charge < -0.3 is 18.9 Å². The summed E-state index contributed by atoms with van der Waals surface area (Å²) in [4.78, 5) is 26.4. The number of hydrogen-bond donors (Lipinski definition) is 0. The van der Waals surface area contributed by atoms with Crippen LogP contribution >= 0.6 is 85.5 Å². The van der Waals surface area contributed by atoms with Crippen LogP contribution in [0.5, 0.6) is 0 Å². The minimum absolute atomic E-state index is 0.182. The van der Waals surface area contributed by atoms with Crippen LogP contribution in [0.2, 0.25) is 0 Å². The van der Waals surface area contributed by atoms with Gasteiger partial charge in [-0.2, -0.15) is 0 Å². The van der Waals surface area contributed by atoms with E-state index in [4.69, 9.17) is 88.6 Å².